The second-order valence-electron chi connectivity index (χ2n) is 8.42. The number of imide groups is 1. The fraction of sp³-hybridized carbons (Fsp3) is 0.391. The van der Waals surface area contributed by atoms with Crippen molar-refractivity contribution in [2.24, 2.45) is 17.8 Å². The molecule has 2 aromatic heterocycles. The van der Waals surface area contributed by atoms with Crippen LogP contribution in [0.4, 0.5) is 0 Å². The molecule has 3 heterocycles. The topological polar surface area (TPSA) is 134 Å². The van der Waals surface area contributed by atoms with E-state index in [9.17, 15) is 24.0 Å². The Labute approximate surface area is 209 Å². The van der Waals surface area contributed by atoms with E-state index in [0.717, 1.165) is 9.35 Å². The predicted molar refractivity (Wildman–Crippen MR) is 129 cm³/mol. The van der Waals surface area contributed by atoms with Gasteiger partial charge in [-0.1, -0.05) is 26.8 Å². The van der Waals surface area contributed by atoms with Gasteiger partial charge in [0.1, 0.15) is 11.6 Å². The number of halogens is 1. The summed E-state index contributed by atoms with van der Waals surface area (Å²) >= 11 is 4.75. The fourth-order valence-electron chi connectivity index (χ4n) is 3.71. The van der Waals surface area contributed by atoms with E-state index in [1.54, 1.807) is 32.0 Å². The molecule has 11 heteroatoms. The molecule has 1 aliphatic rings. The summed E-state index contributed by atoms with van der Waals surface area (Å²) in [6, 6.07) is 5.14. The van der Waals surface area contributed by atoms with Crippen LogP contribution in [-0.4, -0.2) is 40.4 Å². The predicted octanol–water partition coefficient (Wildman–Crippen LogP) is 2.39. The van der Waals surface area contributed by atoms with E-state index in [1.165, 1.54) is 24.5 Å². The number of hydrogen-bond acceptors (Lipinski definition) is 7. The van der Waals surface area contributed by atoms with Crippen LogP contribution in [0.3, 0.4) is 0 Å². The molecular weight excluding hydrogens is 524 g/mol. The van der Waals surface area contributed by atoms with Gasteiger partial charge in [0.05, 0.1) is 24.4 Å². The van der Waals surface area contributed by atoms with Crippen molar-refractivity contribution in [1.29, 1.82) is 0 Å². The van der Waals surface area contributed by atoms with E-state index in [-0.39, 0.29) is 18.0 Å². The normalized spacial score (nSPS) is 19.4. The smallest absolute Gasteiger partial charge is 0.270 e. The average Bonchev–Trinajstić information content (AvgIpc) is 3.33. The first kappa shape index (κ1) is 25.7. The number of rotatable bonds is 9. The molecule has 9 nitrogen and oxygen atoms in total. The minimum absolute atomic E-state index is 0.132. The largest absolute Gasteiger partial charge is 0.346 e. The summed E-state index contributed by atoms with van der Waals surface area (Å²) in [7, 11) is 0. The number of carbonyl (C=O) groups excluding carboxylic acids is 5. The molecular formula is C23H25BrN4O5S. The molecule has 0 radical (unpaired) electrons. The first-order chi connectivity index (χ1) is 16.1. The van der Waals surface area contributed by atoms with Crippen LogP contribution in [0.2, 0.25) is 0 Å². The lowest BCUT2D eigenvalue weighted by atomic mass is 9.85. The quantitative estimate of drug-likeness (QED) is 0.325. The number of hydrogen-bond donors (Lipinski definition) is 3. The Kier molecular flexibility index (Phi) is 8.32. The lowest BCUT2D eigenvalue weighted by Crippen LogP contribution is -2.49. The van der Waals surface area contributed by atoms with Gasteiger partial charge >= 0.3 is 0 Å². The minimum atomic E-state index is -1.15. The van der Waals surface area contributed by atoms with Gasteiger partial charge in [-0.15, -0.1) is 11.3 Å². The number of carbonyl (C=O) groups is 5. The third kappa shape index (κ3) is 5.95. The molecule has 3 rings (SSSR count). The van der Waals surface area contributed by atoms with Gasteiger partial charge in [0.15, 0.2) is 5.78 Å². The van der Waals surface area contributed by atoms with Crippen LogP contribution in [0, 0.1) is 17.8 Å². The van der Waals surface area contributed by atoms with Crippen molar-refractivity contribution in [2.45, 2.75) is 39.3 Å². The average molecular weight is 549 g/mol. The Balaban J connectivity index is 1.75. The second kappa shape index (κ2) is 11.0. The third-order valence-electron chi connectivity index (χ3n) is 5.56. The molecule has 0 aromatic carbocycles. The van der Waals surface area contributed by atoms with Crippen LogP contribution in [0.25, 0.3) is 0 Å². The van der Waals surface area contributed by atoms with Gasteiger partial charge in [-0.05, 0) is 40.0 Å². The first-order valence-electron chi connectivity index (χ1n) is 10.7. The molecule has 2 aromatic rings. The minimum Gasteiger partial charge on any atom is -0.346 e. The van der Waals surface area contributed by atoms with Gasteiger partial charge in [-0.25, -0.2) is 0 Å². The van der Waals surface area contributed by atoms with Crippen molar-refractivity contribution in [3.63, 3.8) is 0 Å². The Hall–Kier alpha value is -2.92. The van der Waals surface area contributed by atoms with Crippen molar-refractivity contribution < 1.29 is 24.0 Å². The molecule has 0 spiro atoms. The number of ketones is 1. The lowest BCUT2D eigenvalue weighted by Gasteiger charge is -2.25. The monoisotopic (exact) mass is 548 g/mol. The van der Waals surface area contributed by atoms with Crippen LogP contribution >= 0.6 is 27.3 Å². The zero-order valence-corrected chi connectivity index (χ0v) is 21.2. The maximum absolute atomic E-state index is 13.1. The Bertz CT molecular complexity index is 1100. The standard InChI is InChI=1S/C23H25BrN4O5S/c1-11(2)19(20(30)18-12(3)21(31)28-23(18)33)27-17(29)9-15(16-8-13(24)10-34-16)26-22(32)14-6-4-5-7-25-14/h4-8,10-12,15,18-19H,9H2,1-3H3,(H,26,32)(H,27,29)(H,28,31,33)/t12-,15?,18+,19-/m0/s1. The van der Waals surface area contributed by atoms with Crippen molar-refractivity contribution in [3.05, 3.63) is 50.9 Å². The maximum atomic E-state index is 13.1. The summed E-state index contributed by atoms with van der Waals surface area (Å²) in [5.74, 6) is -4.82. The van der Waals surface area contributed by atoms with Gasteiger partial charge in [0.25, 0.3) is 5.91 Å². The number of aromatic nitrogens is 1. The summed E-state index contributed by atoms with van der Waals surface area (Å²) in [6.07, 6.45) is 1.37. The molecule has 34 heavy (non-hydrogen) atoms. The molecule has 180 valence electrons. The second-order valence-corrected chi connectivity index (χ2v) is 10.3. The Morgan fingerprint density at radius 1 is 1.18 bits per heavy atom. The summed E-state index contributed by atoms with van der Waals surface area (Å²) in [4.78, 5) is 67.5. The van der Waals surface area contributed by atoms with Gasteiger partial charge in [0, 0.05) is 20.9 Å². The van der Waals surface area contributed by atoms with E-state index in [1.807, 2.05) is 11.4 Å². The molecule has 0 aliphatic carbocycles. The Morgan fingerprint density at radius 3 is 2.44 bits per heavy atom. The summed E-state index contributed by atoms with van der Waals surface area (Å²) < 4.78 is 0.811. The maximum Gasteiger partial charge on any atom is 0.270 e. The lowest BCUT2D eigenvalue weighted by molar-refractivity contribution is -0.137. The van der Waals surface area contributed by atoms with E-state index in [0.29, 0.717) is 0 Å². The van der Waals surface area contributed by atoms with Crippen LogP contribution in [0.15, 0.2) is 40.3 Å². The highest BCUT2D eigenvalue weighted by Crippen LogP contribution is 2.28. The summed E-state index contributed by atoms with van der Waals surface area (Å²) in [6.45, 7) is 5.01. The molecule has 1 unspecified atom stereocenters. The molecule has 1 fully saturated rings. The number of amides is 4. The molecule has 0 bridgehead atoms. The highest BCUT2D eigenvalue weighted by molar-refractivity contribution is 9.10. The van der Waals surface area contributed by atoms with E-state index < -0.39 is 53.3 Å². The summed E-state index contributed by atoms with van der Waals surface area (Å²) in [5.41, 5.74) is 0.213. The molecule has 1 saturated heterocycles. The highest BCUT2D eigenvalue weighted by atomic mass is 79.9. The van der Waals surface area contributed by atoms with Gasteiger partial charge < -0.3 is 10.6 Å². The van der Waals surface area contributed by atoms with Crippen LogP contribution in [0.1, 0.15) is 48.6 Å². The fourth-order valence-corrected chi connectivity index (χ4v) is 5.20. The molecule has 0 saturated carbocycles. The molecule has 1 aliphatic heterocycles. The van der Waals surface area contributed by atoms with E-state index >= 15 is 0 Å². The number of thiophene rings is 1. The molecule has 4 amide bonds. The van der Waals surface area contributed by atoms with Crippen molar-refractivity contribution >= 4 is 56.7 Å². The highest BCUT2D eigenvalue weighted by Gasteiger charge is 2.46. The number of nitrogens with zero attached hydrogens (tertiary/aromatic N) is 1. The Morgan fingerprint density at radius 2 is 1.91 bits per heavy atom. The van der Waals surface area contributed by atoms with Crippen LogP contribution in [-0.2, 0) is 19.2 Å². The molecule has 3 N–H and O–H groups in total. The number of nitrogens with one attached hydrogen (secondary N) is 3. The van der Waals surface area contributed by atoms with Crippen LogP contribution in [0.5, 0.6) is 0 Å². The molecule has 4 atom stereocenters. The number of Topliss-reactive ketones (excluding diaryl/α,β-unsaturated/α-hetero) is 1. The van der Waals surface area contributed by atoms with E-state index in [4.69, 9.17) is 0 Å². The van der Waals surface area contributed by atoms with Gasteiger partial charge in [-0.2, -0.15) is 0 Å². The number of pyridine rings is 1. The zero-order chi connectivity index (χ0) is 25.0. The first-order valence-corrected chi connectivity index (χ1v) is 12.4. The zero-order valence-electron chi connectivity index (χ0n) is 18.8. The third-order valence-corrected chi connectivity index (χ3v) is 7.37. The van der Waals surface area contributed by atoms with Crippen LogP contribution < -0.4 is 16.0 Å². The van der Waals surface area contributed by atoms with Gasteiger partial charge in [0.2, 0.25) is 17.7 Å². The van der Waals surface area contributed by atoms with Crippen molar-refractivity contribution in [1.82, 2.24) is 20.9 Å². The van der Waals surface area contributed by atoms with E-state index in [2.05, 4.69) is 36.9 Å². The van der Waals surface area contributed by atoms with Gasteiger partial charge in [-0.3, -0.25) is 34.3 Å². The SMILES string of the molecule is CC(C)[C@H](NC(=O)CC(NC(=O)c1ccccn1)c1cc(Br)cs1)C(=O)[C@@H]1C(=O)NC(=O)[C@H]1C. The summed E-state index contributed by atoms with van der Waals surface area (Å²) in [5, 5.41) is 9.56. The van der Waals surface area contributed by atoms with Crippen molar-refractivity contribution in [2.75, 3.05) is 0 Å². The van der Waals surface area contributed by atoms with Crippen molar-refractivity contribution in [3.8, 4) is 0 Å².